The molecule has 1 aromatic heterocycles. The van der Waals surface area contributed by atoms with Crippen LogP contribution in [0.1, 0.15) is 52.8 Å². The average Bonchev–Trinajstić information content (AvgIpc) is 3.41. The van der Waals surface area contributed by atoms with Gasteiger partial charge in [-0.05, 0) is 42.2 Å². The summed E-state index contributed by atoms with van der Waals surface area (Å²) in [5, 5.41) is 10.0. The first-order valence-electron chi connectivity index (χ1n) is 10.7. The van der Waals surface area contributed by atoms with E-state index in [4.69, 9.17) is 0 Å². The van der Waals surface area contributed by atoms with Gasteiger partial charge in [-0.2, -0.15) is 5.10 Å². The van der Waals surface area contributed by atoms with Crippen molar-refractivity contribution in [3.63, 3.8) is 0 Å². The highest BCUT2D eigenvalue weighted by atomic mass is 19.2. The maximum absolute atomic E-state index is 13.8. The summed E-state index contributed by atoms with van der Waals surface area (Å²) in [7, 11) is 0. The first kappa shape index (κ1) is 20.4. The minimum absolute atomic E-state index is 0.00349. The van der Waals surface area contributed by atoms with Gasteiger partial charge in [0.1, 0.15) is 0 Å². The zero-order valence-corrected chi connectivity index (χ0v) is 17.3. The van der Waals surface area contributed by atoms with Gasteiger partial charge in [0.15, 0.2) is 11.6 Å². The van der Waals surface area contributed by atoms with Gasteiger partial charge < -0.3 is 10.2 Å². The number of carbonyl (C=O) groups is 2. The molecule has 164 valence electrons. The molecule has 2 atom stereocenters. The molecule has 3 heterocycles. The van der Waals surface area contributed by atoms with Crippen LogP contribution in [0.25, 0.3) is 11.1 Å². The lowest BCUT2D eigenvalue weighted by Gasteiger charge is -2.33. The fourth-order valence-electron chi connectivity index (χ4n) is 4.73. The van der Waals surface area contributed by atoms with Crippen molar-refractivity contribution in [2.24, 2.45) is 0 Å². The summed E-state index contributed by atoms with van der Waals surface area (Å²) in [5.74, 6) is -1.97. The number of nitrogens with zero attached hydrogens (tertiary/aromatic N) is 2. The normalized spacial score (nSPS) is 20.2. The van der Waals surface area contributed by atoms with Gasteiger partial charge in [-0.15, -0.1) is 0 Å². The van der Waals surface area contributed by atoms with Crippen LogP contribution in [0.4, 0.5) is 8.78 Å². The molecule has 32 heavy (non-hydrogen) atoms. The van der Waals surface area contributed by atoms with Gasteiger partial charge in [0.05, 0.1) is 18.7 Å². The summed E-state index contributed by atoms with van der Waals surface area (Å²) < 4.78 is 27.1. The summed E-state index contributed by atoms with van der Waals surface area (Å²) in [5.41, 5.74) is 3.54. The van der Waals surface area contributed by atoms with Crippen molar-refractivity contribution in [3.8, 4) is 11.1 Å². The van der Waals surface area contributed by atoms with Crippen LogP contribution in [0.3, 0.4) is 0 Å². The number of rotatable bonds is 4. The van der Waals surface area contributed by atoms with Crippen molar-refractivity contribution in [1.82, 2.24) is 20.4 Å². The minimum Gasteiger partial charge on any atom is -0.345 e. The number of piperidine rings is 1. The smallest absolute Gasteiger partial charge is 0.252 e. The van der Waals surface area contributed by atoms with Gasteiger partial charge in [0.25, 0.3) is 5.91 Å². The number of fused-ring (bicyclic) bond motifs is 1. The number of H-pyrrole nitrogens is 1. The van der Waals surface area contributed by atoms with Crippen molar-refractivity contribution in [2.45, 2.75) is 31.2 Å². The number of aromatic nitrogens is 2. The third-order valence-electron chi connectivity index (χ3n) is 6.35. The number of carbonyl (C=O) groups excluding carboxylic acids is 2. The predicted molar refractivity (Wildman–Crippen MR) is 114 cm³/mol. The topological polar surface area (TPSA) is 78.1 Å². The Labute approximate surface area is 183 Å². The Morgan fingerprint density at radius 1 is 1.12 bits per heavy atom. The van der Waals surface area contributed by atoms with Crippen molar-refractivity contribution >= 4 is 11.8 Å². The monoisotopic (exact) mass is 436 g/mol. The van der Waals surface area contributed by atoms with Crippen molar-refractivity contribution in [2.75, 3.05) is 13.1 Å². The molecule has 2 amide bonds. The number of nitrogens with one attached hydrogen (secondary N) is 2. The molecule has 0 aliphatic carbocycles. The molecule has 3 aromatic rings. The molecule has 2 aliphatic rings. The maximum Gasteiger partial charge on any atom is 0.252 e. The van der Waals surface area contributed by atoms with E-state index in [2.05, 4.69) is 15.5 Å². The SMILES string of the molecule is O=C1N[C@@H](CC(=O)N2CCC[C@H](c3[nH]ncc3-c3ccc(F)c(F)c3)C2)c2ccccc21. The summed E-state index contributed by atoms with van der Waals surface area (Å²) in [6, 6.07) is 10.8. The number of benzene rings is 2. The molecule has 1 saturated heterocycles. The lowest BCUT2D eigenvalue weighted by molar-refractivity contribution is -0.132. The highest BCUT2D eigenvalue weighted by Gasteiger charge is 2.33. The van der Waals surface area contributed by atoms with Crippen LogP contribution in [0.2, 0.25) is 0 Å². The molecule has 2 aliphatic heterocycles. The zero-order valence-electron chi connectivity index (χ0n) is 17.3. The van der Waals surface area contributed by atoms with E-state index in [1.807, 2.05) is 23.1 Å². The standard InChI is InChI=1S/C24H22F2N4O2/c25-19-8-7-14(10-20(19)26)18-12-27-29-23(18)15-4-3-9-30(13-15)22(31)11-21-16-5-1-2-6-17(16)24(32)28-21/h1-2,5-8,10,12,15,21H,3-4,9,11,13H2,(H,27,29)(H,28,32)/t15-,21-/m0/s1. The molecule has 0 spiro atoms. The first-order valence-corrected chi connectivity index (χ1v) is 10.7. The lowest BCUT2D eigenvalue weighted by atomic mass is 9.90. The molecular formula is C24H22F2N4O2. The molecule has 1 fully saturated rings. The number of amides is 2. The largest absolute Gasteiger partial charge is 0.345 e. The first-order chi connectivity index (χ1) is 15.5. The second-order valence-electron chi connectivity index (χ2n) is 8.32. The van der Waals surface area contributed by atoms with Crippen LogP contribution in [-0.4, -0.2) is 40.0 Å². The van der Waals surface area contributed by atoms with Crippen molar-refractivity contribution in [1.29, 1.82) is 0 Å². The number of likely N-dealkylation sites (tertiary alicyclic amines) is 1. The maximum atomic E-state index is 13.8. The van der Waals surface area contributed by atoms with E-state index in [1.54, 1.807) is 12.3 Å². The number of halogens is 2. The Balaban J connectivity index is 1.32. The Hall–Kier alpha value is -3.55. The van der Waals surface area contributed by atoms with E-state index in [0.717, 1.165) is 36.2 Å². The van der Waals surface area contributed by atoms with E-state index >= 15 is 0 Å². The van der Waals surface area contributed by atoms with Crippen LogP contribution >= 0.6 is 0 Å². The van der Waals surface area contributed by atoms with Crippen molar-refractivity contribution < 1.29 is 18.4 Å². The van der Waals surface area contributed by atoms with Crippen molar-refractivity contribution in [3.05, 3.63) is 77.1 Å². The molecule has 0 unspecified atom stereocenters. The van der Waals surface area contributed by atoms with E-state index in [9.17, 15) is 18.4 Å². The summed E-state index contributed by atoms with van der Waals surface area (Å²) in [6.07, 6.45) is 3.48. The van der Waals surface area contributed by atoms with Crippen LogP contribution in [0.15, 0.2) is 48.7 Å². The molecule has 0 saturated carbocycles. The highest BCUT2D eigenvalue weighted by molar-refractivity contribution is 5.99. The molecular weight excluding hydrogens is 414 g/mol. The van der Waals surface area contributed by atoms with Gasteiger partial charge in [-0.3, -0.25) is 14.7 Å². The predicted octanol–water partition coefficient (Wildman–Crippen LogP) is 3.94. The van der Waals surface area contributed by atoms with E-state index in [1.165, 1.54) is 6.07 Å². The molecule has 2 aromatic carbocycles. The molecule has 8 heteroatoms. The molecule has 5 rings (SSSR count). The van der Waals surface area contributed by atoms with E-state index < -0.39 is 11.6 Å². The van der Waals surface area contributed by atoms with Gasteiger partial charge >= 0.3 is 0 Å². The Morgan fingerprint density at radius 2 is 1.97 bits per heavy atom. The number of hydrogen-bond acceptors (Lipinski definition) is 3. The fourth-order valence-corrected chi connectivity index (χ4v) is 4.73. The third kappa shape index (κ3) is 3.66. The van der Waals surface area contributed by atoms with Gasteiger partial charge in [0.2, 0.25) is 5.91 Å². The number of hydrogen-bond donors (Lipinski definition) is 2. The second-order valence-corrected chi connectivity index (χ2v) is 8.32. The molecule has 0 radical (unpaired) electrons. The Kier molecular flexibility index (Phi) is 5.20. The second kappa shape index (κ2) is 8.18. The quantitative estimate of drug-likeness (QED) is 0.651. The highest BCUT2D eigenvalue weighted by Crippen LogP contribution is 2.34. The van der Waals surface area contributed by atoms with Gasteiger partial charge in [-0.1, -0.05) is 24.3 Å². The fraction of sp³-hybridized carbons (Fsp3) is 0.292. The zero-order chi connectivity index (χ0) is 22.2. The van der Waals surface area contributed by atoms with E-state index in [-0.39, 0.29) is 30.2 Å². The summed E-state index contributed by atoms with van der Waals surface area (Å²) in [4.78, 5) is 27.1. The summed E-state index contributed by atoms with van der Waals surface area (Å²) >= 11 is 0. The van der Waals surface area contributed by atoms with Crippen LogP contribution in [-0.2, 0) is 4.79 Å². The minimum atomic E-state index is -0.908. The average molecular weight is 436 g/mol. The van der Waals surface area contributed by atoms with Gasteiger partial charge in [-0.25, -0.2) is 8.78 Å². The Bertz CT molecular complexity index is 1190. The van der Waals surface area contributed by atoms with Crippen LogP contribution in [0.5, 0.6) is 0 Å². The molecule has 2 N–H and O–H groups in total. The summed E-state index contributed by atoms with van der Waals surface area (Å²) in [6.45, 7) is 1.15. The van der Waals surface area contributed by atoms with Crippen LogP contribution < -0.4 is 5.32 Å². The lowest BCUT2D eigenvalue weighted by Crippen LogP contribution is -2.40. The van der Waals surface area contributed by atoms with Gasteiger partial charge in [0, 0.05) is 35.8 Å². The molecule has 6 nitrogen and oxygen atoms in total. The van der Waals surface area contributed by atoms with Crippen LogP contribution in [0, 0.1) is 11.6 Å². The Morgan fingerprint density at radius 3 is 2.81 bits per heavy atom. The number of aromatic amines is 1. The third-order valence-corrected chi connectivity index (χ3v) is 6.35. The van der Waals surface area contributed by atoms with E-state index in [0.29, 0.717) is 29.8 Å². The molecule has 0 bridgehead atoms.